The number of aromatic carboxylic acids is 1. The van der Waals surface area contributed by atoms with Gasteiger partial charge in [0.25, 0.3) is 0 Å². The van der Waals surface area contributed by atoms with Crippen LogP contribution in [0.15, 0.2) is 42.7 Å². The highest BCUT2D eigenvalue weighted by atomic mass is 35.5. The Kier molecular flexibility index (Phi) is 3.60. The van der Waals surface area contributed by atoms with E-state index in [-0.39, 0.29) is 5.69 Å². The van der Waals surface area contributed by atoms with Gasteiger partial charge in [-0.05, 0) is 36.8 Å². The predicted octanol–water partition coefficient (Wildman–Crippen LogP) is 2.99. The Bertz CT molecular complexity index is 846. The highest BCUT2D eigenvalue weighted by molar-refractivity contribution is 6.31. The van der Waals surface area contributed by atoms with Gasteiger partial charge in [0.2, 0.25) is 0 Å². The number of aryl methyl sites for hydroxylation is 1. The van der Waals surface area contributed by atoms with Gasteiger partial charge >= 0.3 is 5.97 Å². The van der Waals surface area contributed by atoms with Crippen LogP contribution >= 0.6 is 11.6 Å². The van der Waals surface area contributed by atoms with Gasteiger partial charge in [-0.3, -0.25) is 4.98 Å². The van der Waals surface area contributed by atoms with Gasteiger partial charge in [0, 0.05) is 23.0 Å². The molecule has 22 heavy (non-hydrogen) atoms. The molecule has 0 bridgehead atoms. The molecule has 110 valence electrons. The summed E-state index contributed by atoms with van der Waals surface area (Å²) in [5, 5.41) is 17.6. The summed E-state index contributed by atoms with van der Waals surface area (Å²) < 4.78 is 1.45. The summed E-state index contributed by atoms with van der Waals surface area (Å²) in [6, 6.07) is 8.84. The highest BCUT2D eigenvalue weighted by Crippen LogP contribution is 2.26. The first-order valence-corrected chi connectivity index (χ1v) is 6.81. The molecule has 0 saturated heterocycles. The van der Waals surface area contributed by atoms with Crippen molar-refractivity contribution in [1.82, 2.24) is 20.0 Å². The lowest BCUT2D eigenvalue weighted by molar-refractivity contribution is 0.0691. The molecule has 0 atom stereocenters. The van der Waals surface area contributed by atoms with Crippen LogP contribution in [0.25, 0.3) is 16.9 Å². The second-order valence-corrected chi connectivity index (χ2v) is 5.09. The van der Waals surface area contributed by atoms with Crippen molar-refractivity contribution in [1.29, 1.82) is 0 Å². The van der Waals surface area contributed by atoms with E-state index in [2.05, 4.69) is 15.3 Å². The summed E-state index contributed by atoms with van der Waals surface area (Å²) in [6.07, 6.45) is 3.18. The minimum atomic E-state index is -1.15. The molecule has 0 aliphatic rings. The zero-order valence-electron chi connectivity index (χ0n) is 11.6. The van der Waals surface area contributed by atoms with Crippen molar-refractivity contribution in [3.63, 3.8) is 0 Å². The van der Waals surface area contributed by atoms with Crippen molar-refractivity contribution >= 4 is 17.6 Å². The first-order valence-electron chi connectivity index (χ1n) is 6.44. The lowest BCUT2D eigenvalue weighted by atomic mass is 10.1. The Morgan fingerprint density at radius 1 is 1.32 bits per heavy atom. The van der Waals surface area contributed by atoms with Gasteiger partial charge in [0.15, 0.2) is 5.69 Å². The SMILES string of the molecule is Cc1ccc(-n2nnc(C(=O)O)c2-c2cccnc2)cc1Cl. The number of nitrogens with zero attached hydrogens (tertiary/aromatic N) is 4. The maximum absolute atomic E-state index is 11.4. The molecule has 0 saturated carbocycles. The van der Waals surface area contributed by atoms with E-state index in [4.69, 9.17) is 11.6 Å². The highest BCUT2D eigenvalue weighted by Gasteiger charge is 2.21. The zero-order chi connectivity index (χ0) is 15.7. The van der Waals surface area contributed by atoms with E-state index < -0.39 is 5.97 Å². The van der Waals surface area contributed by atoms with E-state index in [9.17, 15) is 9.90 Å². The number of carboxylic acids is 1. The van der Waals surface area contributed by atoms with Gasteiger partial charge in [-0.1, -0.05) is 22.9 Å². The number of benzene rings is 1. The molecule has 0 aliphatic carbocycles. The standard InChI is InChI=1S/C15H11ClN4O2/c1-9-4-5-11(7-12(9)16)20-14(10-3-2-6-17-8-10)13(15(21)22)18-19-20/h2-8H,1H3,(H,21,22). The largest absolute Gasteiger partial charge is 0.476 e. The molecule has 0 unspecified atom stereocenters. The molecule has 2 heterocycles. The molecule has 6 nitrogen and oxygen atoms in total. The summed E-state index contributed by atoms with van der Waals surface area (Å²) >= 11 is 6.14. The fourth-order valence-corrected chi connectivity index (χ4v) is 2.26. The van der Waals surface area contributed by atoms with E-state index in [1.165, 1.54) is 4.68 Å². The van der Waals surface area contributed by atoms with E-state index in [0.29, 0.717) is 22.0 Å². The van der Waals surface area contributed by atoms with Crippen molar-refractivity contribution in [3.8, 4) is 16.9 Å². The summed E-state index contributed by atoms with van der Waals surface area (Å²) in [5.41, 5.74) is 2.40. The number of carbonyl (C=O) groups is 1. The average Bonchev–Trinajstić information content (AvgIpc) is 2.96. The number of pyridine rings is 1. The van der Waals surface area contributed by atoms with Gasteiger partial charge in [-0.2, -0.15) is 0 Å². The quantitative estimate of drug-likeness (QED) is 0.803. The van der Waals surface area contributed by atoms with Gasteiger partial charge in [-0.25, -0.2) is 9.48 Å². The summed E-state index contributed by atoms with van der Waals surface area (Å²) in [5.74, 6) is -1.15. The van der Waals surface area contributed by atoms with Crippen LogP contribution < -0.4 is 0 Å². The molecular formula is C15H11ClN4O2. The first-order chi connectivity index (χ1) is 10.6. The summed E-state index contributed by atoms with van der Waals surface area (Å²) in [4.78, 5) is 15.4. The van der Waals surface area contributed by atoms with E-state index in [0.717, 1.165) is 5.56 Å². The third-order valence-electron chi connectivity index (χ3n) is 3.21. The van der Waals surface area contributed by atoms with Crippen molar-refractivity contribution in [2.75, 3.05) is 0 Å². The average molecular weight is 315 g/mol. The zero-order valence-corrected chi connectivity index (χ0v) is 12.3. The van der Waals surface area contributed by atoms with E-state index in [1.54, 1.807) is 36.7 Å². The molecule has 1 aromatic carbocycles. The Balaban J connectivity index is 2.24. The molecule has 2 aromatic heterocycles. The number of hydrogen-bond acceptors (Lipinski definition) is 4. The predicted molar refractivity (Wildman–Crippen MR) is 81.3 cm³/mol. The number of rotatable bonds is 3. The molecule has 3 aromatic rings. The molecule has 7 heteroatoms. The molecule has 0 spiro atoms. The van der Waals surface area contributed by atoms with Crippen LogP contribution in [-0.2, 0) is 0 Å². The minimum Gasteiger partial charge on any atom is -0.476 e. The maximum Gasteiger partial charge on any atom is 0.358 e. The lowest BCUT2D eigenvalue weighted by Gasteiger charge is -2.08. The number of aromatic nitrogens is 4. The molecule has 0 aliphatic heterocycles. The molecule has 0 fully saturated rings. The second-order valence-electron chi connectivity index (χ2n) is 4.68. The Hall–Kier alpha value is -2.73. The molecule has 0 amide bonds. The van der Waals surface area contributed by atoms with Crippen LogP contribution in [-0.4, -0.2) is 31.1 Å². The van der Waals surface area contributed by atoms with Crippen LogP contribution in [0.1, 0.15) is 16.1 Å². The Labute approximate surface area is 131 Å². The number of halogens is 1. The third kappa shape index (κ3) is 2.44. The topological polar surface area (TPSA) is 80.9 Å². The Morgan fingerprint density at radius 3 is 2.77 bits per heavy atom. The maximum atomic E-state index is 11.4. The number of carboxylic acid groups (broad SMARTS) is 1. The van der Waals surface area contributed by atoms with Gasteiger partial charge in [0.1, 0.15) is 5.69 Å². The summed E-state index contributed by atoms with van der Waals surface area (Å²) in [6.45, 7) is 1.89. The summed E-state index contributed by atoms with van der Waals surface area (Å²) in [7, 11) is 0. The Morgan fingerprint density at radius 2 is 2.14 bits per heavy atom. The van der Waals surface area contributed by atoms with Crippen molar-refractivity contribution in [2.45, 2.75) is 6.92 Å². The van der Waals surface area contributed by atoms with Crippen molar-refractivity contribution in [3.05, 3.63) is 59.0 Å². The van der Waals surface area contributed by atoms with E-state index >= 15 is 0 Å². The van der Waals surface area contributed by atoms with Gasteiger partial charge in [0.05, 0.1) is 5.69 Å². The minimum absolute atomic E-state index is 0.135. The fourth-order valence-electron chi connectivity index (χ4n) is 2.08. The van der Waals surface area contributed by atoms with Crippen LogP contribution in [0, 0.1) is 6.92 Å². The molecule has 1 N–H and O–H groups in total. The van der Waals surface area contributed by atoms with Crippen LogP contribution in [0.3, 0.4) is 0 Å². The lowest BCUT2D eigenvalue weighted by Crippen LogP contribution is -2.03. The van der Waals surface area contributed by atoms with Crippen molar-refractivity contribution < 1.29 is 9.90 Å². The van der Waals surface area contributed by atoms with Crippen molar-refractivity contribution in [2.24, 2.45) is 0 Å². The fraction of sp³-hybridized carbons (Fsp3) is 0.0667. The van der Waals surface area contributed by atoms with Gasteiger partial charge < -0.3 is 5.11 Å². The van der Waals surface area contributed by atoms with Crippen LogP contribution in [0.4, 0.5) is 0 Å². The van der Waals surface area contributed by atoms with Gasteiger partial charge in [-0.15, -0.1) is 5.10 Å². The van der Waals surface area contributed by atoms with Crippen LogP contribution in [0.5, 0.6) is 0 Å². The third-order valence-corrected chi connectivity index (χ3v) is 3.62. The van der Waals surface area contributed by atoms with Crippen LogP contribution in [0.2, 0.25) is 5.02 Å². The monoisotopic (exact) mass is 314 g/mol. The molecular weight excluding hydrogens is 304 g/mol. The molecule has 3 rings (SSSR count). The smallest absolute Gasteiger partial charge is 0.358 e. The second kappa shape index (κ2) is 5.57. The van der Waals surface area contributed by atoms with E-state index in [1.807, 2.05) is 13.0 Å². The normalized spacial score (nSPS) is 10.6. The first kappa shape index (κ1) is 14.2. The molecule has 0 radical (unpaired) electrons. The number of hydrogen-bond donors (Lipinski definition) is 1.